The number of ketones is 1. The van der Waals surface area contributed by atoms with Crippen molar-refractivity contribution in [1.29, 1.82) is 0 Å². The molecule has 3 aromatic heterocycles. The van der Waals surface area contributed by atoms with E-state index in [2.05, 4.69) is 17.0 Å². The van der Waals surface area contributed by atoms with E-state index >= 15 is 0 Å². The molecule has 0 saturated heterocycles. The first kappa shape index (κ1) is 22.7. The van der Waals surface area contributed by atoms with Crippen LogP contribution < -0.4 is 14.8 Å². The maximum Gasteiger partial charge on any atom is 0.291 e. The molecule has 0 aliphatic rings. The Kier molecular flexibility index (Phi) is 6.29. The molecule has 5 aromatic rings. The van der Waals surface area contributed by atoms with Gasteiger partial charge in [0.1, 0.15) is 21.8 Å². The van der Waals surface area contributed by atoms with Crippen LogP contribution in [0.25, 0.3) is 33.7 Å². The van der Waals surface area contributed by atoms with Gasteiger partial charge in [0.15, 0.2) is 11.6 Å². The number of hydrogen-bond donors (Lipinski definition) is 0. The van der Waals surface area contributed by atoms with Gasteiger partial charge in [-0.05, 0) is 49.7 Å². The average molecular weight is 486 g/mol. The number of aromatic nitrogens is 3. The zero-order valence-electron chi connectivity index (χ0n) is 19.4. The molecule has 0 aliphatic heterocycles. The molecule has 0 aliphatic carbocycles. The molecule has 8 heteroatoms. The van der Waals surface area contributed by atoms with Crippen molar-refractivity contribution in [2.24, 2.45) is 0 Å². The number of benzene rings is 2. The van der Waals surface area contributed by atoms with Crippen LogP contribution in [-0.2, 0) is 0 Å². The highest BCUT2D eigenvalue weighted by molar-refractivity contribution is 7.15. The molecule has 176 valence electrons. The molecule has 0 N–H and O–H groups in total. The van der Waals surface area contributed by atoms with Crippen LogP contribution in [0.5, 0.6) is 5.75 Å². The van der Waals surface area contributed by atoms with Gasteiger partial charge in [0, 0.05) is 22.8 Å². The summed E-state index contributed by atoms with van der Waals surface area (Å²) in [5, 5.41) is 4.41. The summed E-state index contributed by atoms with van der Waals surface area (Å²) in [6.07, 6.45) is 3.79. The number of nitrogens with zero attached hydrogens (tertiary/aromatic N) is 3. The van der Waals surface area contributed by atoms with E-state index < -0.39 is 0 Å². The van der Waals surface area contributed by atoms with Crippen molar-refractivity contribution in [1.82, 2.24) is 14.6 Å². The molecule has 0 fully saturated rings. The van der Waals surface area contributed by atoms with Crippen LogP contribution in [0.4, 0.5) is 0 Å². The highest BCUT2D eigenvalue weighted by Crippen LogP contribution is 2.24. The Morgan fingerprint density at radius 2 is 1.80 bits per heavy atom. The fourth-order valence-electron chi connectivity index (χ4n) is 3.57. The molecule has 2 aromatic carbocycles. The standard InChI is InChI=1S/C27H23N3O4S/c1-3-4-15-33-21-11-9-20(10-12-21)25-28-27-30(29-25)26(32)24(35-27)16-22-13-14-23(34-22)19-7-5-18(6-8-19)17(2)31/h5-14,16H,3-4,15H2,1-2H3/b24-16-. The Bertz CT molecular complexity index is 1600. The monoisotopic (exact) mass is 485 g/mol. The Morgan fingerprint density at radius 1 is 1.06 bits per heavy atom. The van der Waals surface area contributed by atoms with E-state index in [0.29, 0.717) is 39.0 Å². The lowest BCUT2D eigenvalue weighted by atomic mass is 10.1. The lowest BCUT2D eigenvalue weighted by molar-refractivity contribution is 0.101. The summed E-state index contributed by atoms with van der Waals surface area (Å²) in [6.45, 7) is 4.35. The summed E-state index contributed by atoms with van der Waals surface area (Å²) in [4.78, 5) is 29.4. The quantitative estimate of drug-likeness (QED) is 0.227. The average Bonchev–Trinajstić information content (AvgIpc) is 3.57. The van der Waals surface area contributed by atoms with Gasteiger partial charge in [-0.25, -0.2) is 0 Å². The van der Waals surface area contributed by atoms with Gasteiger partial charge in [-0.15, -0.1) is 5.10 Å². The molecule has 0 saturated carbocycles. The van der Waals surface area contributed by atoms with Crippen LogP contribution >= 0.6 is 11.3 Å². The van der Waals surface area contributed by atoms with Crippen LogP contribution in [-0.4, -0.2) is 27.0 Å². The van der Waals surface area contributed by atoms with Crippen LogP contribution in [0, 0.1) is 0 Å². The molecule has 0 unspecified atom stereocenters. The molecule has 0 bridgehead atoms. The van der Waals surface area contributed by atoms with Crippen molar-refractivity contribution >= 4 is 28.2 Å². The Morgan fingerprint density at radius 3 is 2.49 bits per heavy atom. The third-order valence-corrected chi connectivity index (χ3v) is 6.50. The first-order chi connectivity index (χ1) is 17.0. The predicted octanol–water partition coefficient (Wildman–Crippen LogP) is 5.01. The van der Waals surface area contributed by atoms with E-state index in [1.54, 1.807) is 24.3 Å². The number of fused-ring (bicyclic) bond motifs is 1. The normalized spacial score (nSPS) is 11.9. The van der Waals surface area contributed by atoms with E-state index in [9.17, 15) is 9.59 Å². The highest BCUT2D eigenvalue weighted by atomic mass is 32.1. The molecule has 0 atom stereocenters. The molecule has 0 amide bonds. The number of rotatable bonds is 8. The summed E-state index contributed by atoms with van der Waals surface area (Å²) in [6, 6.07) is 18.4. The van der Waals surface area contributed by atoms with Gasteiger partial charge in [0.05, 0.1) is 6.61 Å². The summed E-state index contributed by atoms with van der Waals surface area (Å²) in [7, 11) is 0. The number of carbonyl (C=O) groups is 1. The van der Waals surface area contributed by atoms with Crippen molar-refractivity contribution in [2.75, 3.05) is 6.61 Å². The van der Waals surface area contributed by atoms with Crippen LogP contribution in [0.1, 0.15) is 42.8 Å². The maximum atomic E-state index is 12.9. The van der Waals surface area contributed by atoms with Crippen molar-refractivity contribution in [2.45, 2.75) is 26.7 Å². The fraction of sp³-hybridized carbons (Fsp3) is 0.185. The topological polar surface area (TPSA) is 86.7 Å². The molecule has 5 rings (SSSR count). The van der Waals surface area contributed by atoms with E-state index in [4.69, 9.17) is 9.15 Å². The van der Waals surface area contributed by atoms with Crippen molar-refractivity contribution < 1.29 is 13.9 Å². The summed E-state index contributed by atoms with van der Waals surface area (Å²) in [5.74, 6) is 2.52. The van der Waals surface area contributed by atoms with E-state index in [0.717, 1.165) is 29.7 Å². The molecular weight excluding hydrogens is 462 g/mol. The highest BCUT2D eigenvalue weighted by Gasteiger charge is 2.13. The Hall–Kier alpha value is -4.04. The molecule has 7 nitrogen and oxygen atoms in total. The molecule has 0 spiro atoms. The first-order valence-electron chi connectivity index (χ1n) is 11.4. The van der Waals surface area contributed by atoms with Crippen LogP contribution in [0.3, 0.4) is 0 Å². The van der Waals surface area contributed by atoms with Crippen molar-refractivity contribution in [3.63, 3.8) is 0 Å². The van der Waals surface area contributed by atoms with Gasteiger partial charge < -0.3 is 9.15 Å². The van der Waals surface area contributed by atoms with Gasteiger partial charge in [-0.3, -0.25) is 9.59 Å². The molecular formula is C27H23N3O4S. The maximum absolute atomic E-state index is 12.9. The minimum absolute atomic E-state index is 0.0147. The Balaban J connectivity index is 1.37. The summed E-state index contributed by atoms with van der Waals surface area (Å²) in [5.41, 5.74) is 2.08. The second-order valence-corrected chi connectivity index (χ2v) is 9.12. The minimum atomic E-state index is -0.243. The third kappa shape index (κ3) is 4.79. The first-order valence-corrected chi connectivity index (χ1v) is 12.2. The van der Waals surface area contributed by atoms with Crippen molar-refractivity contribution in [3.8, 4) is 28.5 Å². The number of unbranched alkanes of at least 4 members (excludes halogenated alkanes) is 1. The Labute approximate surface area is 205 Å². The lowest BCUT2D eigenvalue weighted by Crippen LogP contribution is -2.23. The number of Topliss-reactive ketones (excluding diaryl/α,β-unsaturated/α-hetero) is 1. The van der Waals surface area contributed by atoms with E-state index in [1.807, 2.05) is 42.5 Å². The van der Waals surface area contributed by atoms with Gasteiger partial charge >= 0.3 is 0 Å². The third-order valence-electron chi connectivity index (χ3n) is 5.54. The van der Waals surface area contributed by atoms with Crippen LogP contribution in [0.15, 0.2) is 69.9 Å². The number of ether oxygens (including phenoxy) is 1. The van der Waals surface area contributed by atoms with Gasteiger partial charge in [-0.2, -0.15) is 9.50 Å². The number of thiazole rings is 1. The fourth-order valence-corrected chi connectivity index (χ4v) is 4.46. The largest absolute Gasteiger partial charge is 0.494 e. The lowest BCUT2D eigenvalue weighted by Gasteiger charge is -2.05. The zero-order chi connectivity index (χ0) is 24.4. The SMILES string of the molecule is CCCCOc1ccc(-c2nc3s/c(=C\c4ccc(-c5ccc(C(C)=O)cc5)o4)c(=O)n3n2)cc1. The number of hydrogen-bond acceptors (Lipinski definition) is 7. The van der Waals surface area contributed by atoms with Crippen LogP contribution in [0.2, 0.25) is 0 Å². The van der Waals surface area contributed by atoms with E-state index in [1.165, 1.54) is 22.8 Å². The summed E-state index contributed by atoms with van der Waals surface area (Å²) >= 11 is 1.26. The second-order valence-electron chi connectivity index (χ2n) is 8.11. The van der Waals surface area contributed by atoms with E-state index in [-0.39, 0.29) is 11.3 Å². The molecule has 3 heterocycles. The van der Waals surface area contributed by atoms with Crippen molar-refractivity contribution in [3.05, 3.63) is 86.9 Å². The second kappa shape index (κ2) is 9.68. The smallest absolute Gasteiger partial charge is 0.291 e. The van der Waals surface area contributed by atoms with Gasteiger partial charge in [0.25, 0.3) is 5.56 Å². The number of carbonyl (C=O) groups excluding carboxylic acids is 1. The number of furan rings is 1. The van der Waals surface area contributed by atoms with Gasteiger partial charge in [-0.1, -0.05) is 48.9 Å². The summed E-state index contributed by atoms with van der Waals surface area (Å²) < 4.78 is 13.4. The molecule has 35 heavy (non-hydrogen) atoms. The zero-order valence-corrected chi connectivity index (χ0v) is 20.2. The minimum Gasteiger partial charge on any atom is -0.494 e. The van der Waals surface area contributed by atoms with Gasteiger partial charge in [0.2, 0.25) is 4.96 Å². The molecule has 0 radical (unpaired) electrons. The predicted molar refractivity (Wildman–Crippen MR) is 136 cm³/mol.